The van der Waals surface area contributed by atoms with Gasteiger partial charge in [-0.3, -0.25) is 0 Å². The van der Waals surface area contributed by atoms with Crippen LogP contribution in [0, 0.1) is 0 Å². The summed E-state index contributed by atoms with van der Waals surface area (Å²) in [6.45, 7) is 2.97. The van der Waals surface area contributed by atoms with Gasteiger partial charge in [-0.25, -0.2) is 4.79 Å². The van der Waals surface area contributed by atoms with Crippen molar-refractivity contribution in [3.05, 3.63) is 23.8 Å². The van der Waals surface area contributed by atoms with Crippen LogP contribution in [-0.2, 0) is 11.2 Å². The van der Waals surface area contributed by atoms with Gasteiger partial charge in [-0.2, -0.15) is 0 Å². The summed E-state index contributed by atoms with van der Waals surface area (Å²) in [5.41, 5.74) is -0.677. The summed E-state index contributed by atoms with van der Waals surface area (Å²) in [6, 6.07) is 5.74. The van der Waals surface area contributed by atoms with Crippen molar-refractivity contribution in [2.75, 3.05) is 26.3 Å². The molecule has 1 aliphatic heterocycles. The Morgan fingerprint density at radius 1 is 1.35 bits per heavy atom. The average molecular weight is 281 g/mol. The molecule has 0 aromatic heterocycles. The van der Waals surface area contributed by atoms with E-state index in [0.717, 1.165) is 17.1 Å². The molecule has 0 aliphatic carbocycles. The summed E-state index contributed by atoms with van der Waals surface area (Å²) >= 11 is 0. The van der Waals surface area contributed by atoms with Gasteiger partial charge >= 0.3 is 5.97 Å². The van der Waals surface area contributed by atoms with Gasteiger partial charge in [0.25, 0.3) is 0 Å². The minimum atomic E-state index is -1.74. The van der Waals surface area contributed by atoms with Crippen molar-refractivity contribution in [3.63, 3.8) is 0 Å². The van der Waals surface area contributed by atoms with Crippen LogP contribution in [0.4, 0.5) is 0 Å². The summed E-state index contributed by atoms with van der Waals surface area (Å²) in [5.74, 6) is 0.261. The van der Waals surface area contributed by atoms with Gasteiger partial charge in [-0.15, -0.1) is 0 Å². The molecule has 0 spiro atoms. The molecule has 0 bridgehead atoms. The lowest BCUT2D eigenvalue weighted by atomic mass is 10.1. The van der Waals surface area contributed by atoms with Crippen molar-refractivity contribution in [2.24, 2.45) is 0 Å². The van der Waals surface area contributed by atoms with Crippen LogP contribution in [0.15, 0.2) is 18.2 Å². The second-order valence-corrected chi connectivity index (χ2v) is 4.98. The van der Waals surface area contributed by atoms with E-state index in [0.29, 0.717) is 26.2 Å². The highest BCUT2D eigenvalue weighted by molar-refractivity contribution is 5.76. The van der Waals surface area contributed by atoms with Crippen LogP contribution in [0.1, 0.15) is 12.5 Å². The molecule has 6 heteroatoms. The molecule has 1 atom stereocenters. The van der Waals surface area contributed by atoms with E-state index in [-0.39, 0.29) is 6.54 Å². The normalized spacial score (nSPS) is 16.5. The topological polar surface area (TPSA) is 88.0 Å². The Bertz CT molecular complexity index is 486. The van der Waals surface area contributed by atoms with Crippen molar-refractivity contribution in [1.29, 1.82) is 0 Å². The largest absolute Gasteiger partial charge is 0.486 e. The molecule has 6 nitrogen and oxygen atoms in total. The fourth-order valence-corrected chi connectivity index (χ4v) is 1.88. The molecular weight excluding hydrogens is 262 g/mol. The summed E-state index contributed by atoms with van der Waals surface area (Å²) in [4.78, 5) is 10.7. The van der Waals surface area contributed by atoms with E-state index in [2.05, 4.69) is 5.32 Å². The molecule has 1 aromatic rings. The molecule has 0 amide bonds. The molecule has 0 fully saturated rings. The standard InChI is InChI=1S/C14H19NO5/c1-14(18,13(16)17)9-15-5-4-10-2-3-11-12(8-10)20-7-6-19-11/h2-3,8,15,18H,4-7,9H2,1H3,(H,16,17). The van der Waals surface area contributed by atoms with Crippen LogP contribution < -0.4 is 14.8 Å². The number of aliphatic hydroxyl groups is 1. The molecule has 20 heavy (non-hydrogen) atoms. The van der Waals surface area contributed by atoms with E-state index in [1.807, 2.05) is 18.2 Å². The SMILES string of the molecule is CC(O)(CNCCc1ccc2c(c1)OCCO2)C(=O)O. The lowest BCUT2D eigenvalue weighted by Gasteiger charge is -2.20. The Balaban J connectivity index is 1.81. The zero-order chi connectivity index (χ0) is 14.6. The number of nitrogens with one attached hydrogen (secondary N) is 1. The molecular formula is C14H19NO5. The second kappa shape index (κ2) is 6.11. The maximum Gasteiger partial charge on any atom is 0.336 e. The first-order valence-corrected chi connectivity index (χ1v) is 6.54. The molecule has 1 aliphatic rings. The van der Waals surface area contributed by atoms with Crippen LogP contribution >= 0.6 is 0 Å². The number of fused-ring (bicyclic) bond motifs is 1. The molecule has 1 aromatic carbocycles. The summed E-state index contributed by atoms with van der Waals surface area (Å²) in [7, 11) is 0. The van der Waals surface area contributed by atoms with Crippen LogP contribution in [0.25, 0.3) is 0 Å². The number of rotatable bonds is 6. The highest BCUT2D eigenvalue weighted by Gasteiger charge is 2.28. The van der Waals surface area contributed by atoms with E-state index in [9.17, 15) is 9.90 Å². The molecule has 0 radical (unpaired) electrons. The molecule has 0 saturated heterocycles. The van der Waals surface area contributed by atoms with Crippen LogP contribution in [0.5, 0.6) is 11.5 Å². The molecule has 3 N–H and O–H groups in total. The van der Waals surface area contributed by atoms with E-state index >= 15 is 0 Å². The van der Waals surface area contributed by atoms with Gasteiger partial charge in [-0.05, 0) is 37.6 Å². The minimum absolute atomic E-state index is 0.00683. The first-order chi connectivity index (χ1) is 9.49. The summed E-state index contributed by atoms with van der Waals surface area (Å²) in [6.07, 6.45) is 0.715. The van der Waals surface area contributed by atoms with Gasteiger partial charge in [0, 0.05) is 6.54 Å². The fraction of sp³-hybridized carbons (Fsp3) is 0.500. The van der Waals surface area contributed by atoms with Gasteiger partial charge < -0.3 is 25.0 Å². The van der Waals surface area contributed by atoms with Gasteiger partial charge in [0.15, 0.2) is 17.1 Å². The quantitative estimate of drug-likeness (QED) is 0.655. The van der Waals surface area contributed by atoms with Crippen LogP contribution in [-0.4, -0.2) is 48.1 Å². The predicted octanol–water partition coefficient (Wildman–Crippen LogP) is 0.425. The van der Waals surface area contributed by atoms with Gasteiger partial charge in [0.05, 0.1) is 0 Å². The Morgan fingerprint density at radius 2 is 2.05 bits per heavy atom. The number of benzene rings is 1. The third-order valence-electron chi connectivity index (χ3n) is 3.13. The average Bonchev–Trinajstić information content (AvgIpc) is 2.43. The van der Waals surface area contributed by atoms with Gasteiger partial charge in [0.1, 0.15) is 13.2 Å². The zero-order valence-electron chi connectivity index (χ0n) is 11.4. The maximum atomic E-state index is 10.7. The monoisotopic (exact) mass is 281 g/mol. The van der Waals surface area contributed by atoms with Crippen molar-refractivity contribution < 1.29 is 24.5 Å². The number of carboxylic acid groups (broad SMARTS) is 1. The van der Waals surface area contributed by atoms with Crippen molar-refractivity contribution >= 4 is 5.97 Å². The number of aliphatic carboxylic acids is 1. The molecule has 1 unspecified atom stereocenters. The predicted molar refractivity (Wildman–Crippen MR) is 72.3 cm³/mol. The smallest absolute Gasteiger partial charge is 0.336 e. The Morgan fingerprint density at radius 3 is 2.75 bits per heavy atom. The Kier molecular flexibility index (Phi) is 4.46. The van der Waals surface area contributed by atoms with Crippen LogP contribution in [0.2, 0.25) is 0 Å². The number of ether oxygens (including phenoxy) is 2. The second-order valence-electron chi connectivity index (χ2n) is 4.98. The van der Waals surface area contributed by atoms with E-state index in [1.165, 1.54) is 6.92 Å². The molecule has 2 rings (SSSR count). The van der Waals surface area contributed by atoms with E-state index in [1.54, 1.807) is 0 Å². The van der Waals surface area contributed by atoms with E-state index in [4.69, 9.17) is 14.6 Å². The van der Waals surface area contributed by atoms with Gasteiger partial charge in [0.2, 0.25) is 0 Å². The van der Waals surface area contributed by atoms with Gasteiger partial charge in [-0.1, -0.05) is 6.07 Å². The lowest BCUT2D eigenvalue weighted by Crippen LogP contribution is -2.45. The fourth-order valence-electron chi connectivity index (χ4n) is 1.88. The highest BCUT2D eigenvalue weighted by atomic mass is 16.6. The number of hydrogen-bond acceptors (Lipinski definition) is 5. The Hall–Kier alpha value is -1.79. The van der Waals surface area contributed by atoms with Crippen molar-refractivity contribution in [3.8, 4) is 11.5 Å². The lowest BCUT2D eigenvalue weighted by molar-refractivity contribution is -0.156. The van der Waals surface area contributed by atoms with Crippen molar-refractivity contribution in [2.45, 2.75) is 18.9 Å². The molecule has 1 heterocycles. The minimum Gasteiger partial charge on any atom is -0.486 e. The number of carbonyl (C=O) groups is 1. The zero-order valence-corrected chi connectivity index (χ0v) is 11.4. The van der Waals surface area contributed by atoms with E-state index < -0.39 is 11.6 Å². The molecule has 0 saturated carbocycles. The molecule has 110 valence electrons. The van der Waals surface area contributed by atoms with Crippen molar-refractivity contribution in [1.82, 2.24) is 5.32 Å². The number of hydrogen-bond donors (Lipinski definition) is 3. The van der Waals surface area contributed by atoms with Crippen LogP contribution in [0.3, 0.4) is 0 Å². The first-order valence-electron chi connectivity index (χ1n) is 6.54. The maximum absolute atomic E-state index is 10.7. The third-order valence-corrected chi connectivity index (χ3v) is 3.13. The highest BCUT2D eigenvalue weighted by Crippen LogP contribution is 2.30. The summed E-state index contributed by atoms with van der Waals surface area (Å²) < 4.78 is 10.9. The third kappa shape index (κ3) is 3.61. The summed E-state index contributed by atoms with van der Waals surface area (Å²) in [5, 5.41) is 21.3. The first kappa shape index (κ1) is 14.6. The number of carboxylic acids is 1. The Labute approximate surface area is 117 Å².